The molecule has 1 saturated heterocycles. The number of hydrogen-bond acceptors (Lipinski definition) is 6. The van der Waals surface area contributed by atoms with E-state index in [0.29, 0.717) is 12.3 Å². The first-order chi connectivity index (χ1) is 17.7. The van der Waals surface area contributed by atoms with Crippen LogP contribution in [0.15, 0.2) is 84.3 Å². The van der Waals surface area contributed by atoms with Crippen LogP contribution >= 0.6 is 11.8 Å². The molecule has 1 amide bonds. The van der Waals surface area contributed by atoms with Gasteiger partial charge < -0.3 is 9.80 Å². The Bertz CT molecular complexity index is 1290. The number of likely N-dealkylation sites (N-methyl/N-ethyl adjacent to an activating group) is 1. The van der Waals surface area contributed by atoms with E-state index in [-0.39, 0.29) is 5.91 Å². The zero-order chi connectivity index (χ0) is 24.7. The topological polar surface area (TPSA) is 67.2 Å². The van der Waals surface area contributed by atoms with E-state index >= 15 is 0 Å². The number of hydrogen-bond donors (Lipinski definition) is 0. The Balaban J connectivity index is 1.37. The maximum absolute atomic E-state index is 13.4. The van der Waals surface area contributed by atoms with Crippen molar-refractivity contribution in [1.82, 2.24) is 29.5 Å². The highest BCUT2D eigenvalue weighted by Gasteiger charge is 2.23. The lowest BCUT2D eigenvalue weighted by atomic mass is 10.1. The first-order valence-corrected chi connectivity index (χ1v) is 13.3. The quantitative estimate of drug-likeness (QED) is 0.334. The van der Waals surface area contributed by atoms with Gasteiger partial charge in [-0.05, 0) is 35.9 Å². The molecule has 4 aromatic rings. The molecule has 1 fully saturated rings. The van der Waals surface area contributed by atoms with Crippen LogP contribution < -0.4 is 0 Å². The van der Waals surface area contributed by atoms with E-state index < -0.39 is 0 Å². The van der Waals surface area contributed by atoms with Crippen molar-refractivity contribution in [3.63, 3.8) is 0 Å². The Morgan fingerprint density at radius 3 is 2.44 bits per heavy atom. The van der Waals surface area contributed by atoms with Gasteiger partial charge in [-0.15, -0.1) is 10.2 Å². The second kappa shape index (κ2) is 11.5. The molecule has 0 unspecified atom stereocenters. The second-order valence-corrected chi connectivity index (χ2v) is 9.73. The van der Waals surface area contributed by atoms with Crippen LogP contribution in [-0.2, 0) is 12.3 Å². The van der Waals surface area contributed by atoms with Gasteiger partial charge in [0.2, 0.25) is 0 Å². The van der Waals surface area contributed by atoms with Gasteiger partial charge in [-0.25, -0.2) is 0 Å². The minimum absolute atomic E-state index is 0.115. The molecule has 0 aliphatic carbocycles. The summed E-state index contributed by atoms with van der Waals surface area (Å²) in [6.07, 6.45) is 3.57. The fraction of sp³-hybridized carbons (Fsp3) is 0.286. The number of carbonyl (C=O) groups is 1. The van der Waals surface area contributed by atoms with E-state index in [4.69, 9.17) is 0 Å². The van der Waals surface area contributed by atoms with Crippen molar-refractivity contribution in [3.05, 3.63) is 95.8 Å². The van der Waals surface area contributed by atoms with E-state index in [1.54, 1.807) is 18.0 Å². The molecule has 0 bridgehead atoms. The van der Waals surface area contributed by atoms with Crippen molar-refractivity contribution in [3.8, 4) is 11.4 Å². The van der Waals surface area contributed by atoms with Gasteiger partial charge >= 0.3 is 0 Å². The molecular weight excluding hydrogens is 468 g/mol. The molecule has 3 heterocycles. The van der Waals surface area contributed by atoms with Crippen LogP contribution in [0.3, 0.4) is 0 Å². The van der Waals surface area contributed by atoms with Crippen LogP contribution in [0.4, 0.5) is 0 Å². The SMILES string of the molecule is CCN1CCN(C(=O)c2ccccc2CSc2nnc(-c3cccnc3)n2Cc2ccccc2)CC1. The first kappa shape index (κ1) is 24.2. The van der Waals surface area contributed by atoms with Crippen molar-refractivity contribution in [1.29, 1.82) is 0 Å². The summed E-state index contributed by atoms with van der Waals surface area (Å²) in [7, 11) is 0. The number of piperazine rings is 1. The van der Waals surface area contributed by atoms with Gasteiger partial charge in [-0.1, -0.05) is 67.2 Å². The van der Waals surface area contributed by atoms with E-state index in [9.17, 15) is 4.79 Å². The minimum Gasteiger partial charge on any atom is -0.336 e. The van der Waals surface area contributed by atoms with E-state index in [1.807, 2.05) is 65.7 Å². The molecule has 1 aliphatic rings. The van der Waals surface area contributed by atoms with Gasteiger partial charge in [-0.3, -0.25) is 14.3 Å². The Labute approximate surface area is 216 Å². The Morgan fingerprint density at radius 2 is 1.69 bits per heavy atom. The molecule has 36 heavy (non-hydrogen) atoms. The average molecular weight is 499 g/mol. The van der Waals surface area contributed by atoms with Crippen molar-refractivity contribution in [2.75, 3.05) is 32.7 Å². The number of benzene rings is 2. The fourth-order valence-corrected chi connectivity index (χ4v) is 5.39. The normalized spacial score (nSPS) is 14.2. The summed E-state index contributed by atoms with van der Waals surface area (Å²) in [5.74, 6) is 1.54. The van der Waals surface area contributed by atoms with Gasteiger partial charge in [0, 0.05) is 55.5 Å². The Kier molecular flexibility index (Phi) is 7.73. The van der Waals surface area contributed by atoms with E-state index in [2.05, 4.69) is 43.7 Å². The predicted octanol–water partition coefficient (Wildman–Crippen LogP) is 4.46. The number of rotatable bonds is 8. The van der Waals surface area contributed by atoms with Crippen molar-refractivity contribution >= 4 is 17.7 Å². The van der Waals surface area contributed by atoms with Gasteiger partial charge in [0.05, 0.1) is 6.54 Å². The largest absolute Gasteiger partial charge is 0.336 e. The fourth-order valence-electron chi connectivity index (χ4n) is 4.45. The molecule has 5 rings (SSSR count). The van der Waals surface area contributed by atoms with Crippen LogP contribution in [0.5, 0.6) is 0 Å². The number of aromatic nitrogens is 4. The third-order valence-corrected chi connectivity index (χ3v) is 7.55. The number of thioether (sulfide) groups is 1. The Morgan fingerprint density at radius 1 is 0.917 bits per heavy atom. The molecule has 2 aromatic heterocycles. The minimum atomic E-state index is 0.115. The van der Waals surface area contributed by atoms with Crippen LogP contribution in [0, 0.1) is 0 Å². The monoisotopic (exact) mass is 498 g/mol. The smallest absolute Gasteiger partial charge is 0.254 e. The first-order valence-electron chi connectivity index (χ1n) is 12.3. The summed E-state index contributed by atoms with van der Waals surface area (Å²) >= 11 is 1.61. The zero-order valence-electron chi connectivity index (χ0n) is 20.5. The number of amides is 1. The highest BCUT2D eigenvalue weighted by Crippen LogP contribution is 2.28. The number of carbonyl (C=O) groups excluding carboxylic acids is 1. The lowest BCUT2D eigenvalue weighted by Crippen LogP contribution is -2.48. The molecular formula is C28H30N6OS. The van der Waals surface area contributed by atoms with Crippen LogP contribution in [0.25, 0.3) is 11.4 Å². The maximum atomic E-state index is 13.4. The van der Waals surface area contributed by atoms with Crippen molar-refractivity contribution < 1.29 is 4.79 Å². The molecule has 0 atom stereocenters. The summed E-state index contributed by atoms with van der Waals surface area (Å²) in [5, 5.41) is 9.86. The lowest BCUT2D eigenvalue weighted by molar-refractivity contribution is 0.0642. The highest BCUT2D eigenvalue weighted by atomic mass is 32.2. The van der Waals surface area contributed by atoms with Gasteiger partial charge in [0.1, 0.15) is 0 Å². The van der Waals surface area contributed by atoms with Crippen LogP contribution in [0.2, 0.25) is 0 Å². The zero-order valence-corrected chi connectivity index (χ0v) is 21.3. The summed E-state index contributed by atoms with van der Waals surface area (Å²) in [5.41, 5.74) is 3.89. The summed E-state index contributed by atoms with van der Waals surface area (Å²) < 4.78 is 2.13. The summed E-state index contributed by atoms with van der Waals surface area (Å²) in [6.45, 7) is 7.25. The lowest BCUT2D eigenvalue weighted by Gasteiger charge is -2.34. The summed E-state index contributed by atoms with van der Waals surface area (Å²) in [4.78, 5) is 22.0. The molecule has 1 aliphatic heterocycles. The third-order valence-electron chi connectivity index (χ3n) is 6.53. The third kappa shape index (κ3) is 5.50. The molecule has 184 valence electrons. The van der Waals surface area contributed by atoms with Crippen LogP contribution in [0.1, 0.15) is 28.4 Å². The maximum Gasteiger partial charge on any atom is 0.254 e. The Hall–Kier alpha value is -3.49. The van der Waals surface area contributed by atoms with Gasteiger partial charge in [0.25, 0.3) is 5.91 Å². The molecule has 0 saturated carbocycles. The van der Waals surface area contributed by atoms with Crippen molar-refractivity contribution in [2.45, 2.75) is 24.4 Å². The second-order valence-electron chi connectivity index (χ2n) is 8.79. The molecule has 0 radical (unpaired) electrons. The van der Waals surface area contributed by atoms with Gasteiger partial charge in [0.15, 0.2) is 11.0 Å². The van der Waals surface area contributed by atoms with E-state index in [0.717, 1.165) is 60.4 Å². The average Bonchev–Trinajstić information content (AvgIpc) is 3.35. The standard InChI is InChI=1S/C28H30N6OS/c1-2-32-15-17-33(18-16-32)27(35)25-13-7-6-11-24(25)21-36-28-31-30-26(23-12-8-14-29-19-23)34(28)20-22-9-4-3-5-10-22/h3-14,19H,2,15-18,20-21H2,1H3. The molecule has 7 nitrogen and oxygen atoms in total. The van der Waals surface area contributed by atoms with Gasteiger partial charge in [-0.2, -0.15) is 0 Å². The molecule has 0 N–H and O–H groups in total. The number of nitrogens with zero attached hydrogens (tertiary/aromatic N) is 6. The van der Waals surface area contributed by atoms with Crippen molar-refractivity contribution in [2.24, 2.45) is 0 Å². The molecule has 8 heteroatoms. The summed E-state index contributed by atoms with van der Waals surface area (Å²) in [6, 6.07) is 22.1. The van der Waals surface area contributed by atoms with Crippen LogP contribution in [-0.4, -0.2) is 68.2 Å². The molecule has 0 spiro atoms. The predicted molar refractivity (Wildman–Crippen MR) is 143 cm³/mol. The highest BCUT2D eigenvalue weighted by molar-refractivity contribution is 7.98. The molecule has 2 aromatic carbocycles. The van der Waals surface area contributed by atoms with E-state index in [1.165, 1.54) is 5.56 Å². The number of pyridine rings is 1.